The van der Waals surface area contributed by atoms with E-state index in [1.165, 1.54) is 55.7 Å². The van der Waals surface area contributed by atoms with Crippen LogP contribution in [-0.2, 0) is 15.6 Å². The standard InChI is InChI=1S/2C16H12Br.C2H7Si.2ClH.Zr/c2*1-11-7-14-9-13(10-16(17)15(14)8-11)12-5-3-2-4-6-12;1-3-2;;;/h2*2-10H,1H3;3H,1-2H3;2*1H;/q;;;;;+2/p-2. The summed E-state index contributed by atoms with van der Waals surface area (Å²) in [5.41, 5.74) is 12.5. The molecule has 6 rings (SSSR count). The van der Waals surface area contributed by atoms with E-state index in [1.54, 1.807) is 0 Å². The molecule has 2 aliphatic rings. The summed E-state index contributed by atoms with van der Waals surface area (Å²) in [4.78, 5) is 0. The Kier molecular flexibility index (Phi) is 7.72. The van der Waals surface area contributed by atoms with E-state index in [2.05, 4.69) is 156 Å². The molecule has 0 aliphatic heterocycles. The number of allylic oxidation sites excluding steroid dienone is 2. The molecule has 0 nitrogen and oxygen atoms in total. The number of halogens is 4. The van der Waals surface area contributed by atoms with Gasteiger partial charge in [-0.05, 0) is 0 Å². The quantitative estimate of drug-likeness (QED) is 0.177. The van der Waals surface area contributed by atoms with Crippen molar-refractivity contribution in [2.75, 3.05) is 0 Å². The minimum absolute atomic E-state index is 0.0601. The molecule has 203 valence electrons. The second-order valence-electron chi connectivity index (χ2n) is 11.7. The zero-order chi connectivity index (χ0) is 28.4. The van der Waals surface area contributed by atoms with Crippen LogP contribution >= 0.6 is 48.9 Å². The van der Waals surface area contributed by atoms with Gasteiger partial charge in [-0.3, -0.25) is 0 Å². The molecule has 6 heteroatoms. The average Bonchev–Trinajstić information content (AvgIpc) is 3.47. The fraction of sp³-hybridized carbons (Fsp3) is 0.176. The zero-order valence-electron chi connectivity index (χ0n) is 23.0. The van der Waals surface area contributed by atoms with E-state index in [-0.39, 0.29) is 7.25 Å². The van der Waals surface area contributed by atoms with Crippen LogP contribution < -0.4 is 0 Å². The van der Waals surface area contributed by atoms with Crippen LogP contribution in [0.25, 0.3) is 34.4 Å². The van der Waals surface area contributed by atoms with Crippen molar-refractivity contribution < 1.29 is 15.6 Å². The van der Waals surface area contributed by atoms with Crippen molar-refractivity contribution in [1.82, 2.24) is 0 Å². The number of benzene rings is 4. The van der Waals surface area contributed by atoms with Gasteiger partial charge in [0.25, 0.3) is 0 Å². The maximum absolute atomic E-state index is 8.41. The van der Waals surface area contributed by atoms with E-state index in [4.69, 9.17) is 17.0 Å². The molecule has 0 aromatic heterocycles. The molecule has 0 bridgehead atoms. The summed E-state index contributed by atoms with van der Waals surface area (Å²) < 4.78 is 2.33. The van der Waals surface area contributed by atoms with Crippen molar-refractivity contribution in [1.29, 1.82) is 0 Å². The molecule has 40 heavy (non-hydrogen) atoms. The van der Waals surface area contributed by atoms with Gasteiger partial charge in [-0.15, -0.1) is 0 Å². The molecule has 0 spiro atoms. The summed E-state index contributed by atoms with van der Waals surface area (Å²) in [6.45, 7) is 9.29. The van der Waals surface area contributed by atoms with E-state index in [0.717, 1.165) is 8.95 Å². The van der Waals surface area contributed by atoms with E-state index < -0.39 is 21.5 Å². The molecule has 0 N–H and O–H groups in total. The van der Waals surface area contributed by atoms with Crippen molar-refractivity contribution in [3.05, 3.63) is 127 Å². The van der Waals surface area contributed by atoms with Gasteiger partial charge in [0.05, 0.1) is 0 Å². The molecule has 0 radical (unpaired) electrons. The third kappa shape index (κ3) is 4.52. The Hall–Kier alpha value is -1.00. The predicted molar refractivity (Wildman–Crippen MR) is 183 cm³/mol. The van der Waals surface area contributed by atoms with Crippen LogP contribution in [0.15, 0.2) is 105 Å². The first-order valence-corrected chi connectivity index (χ1v) is 31.6. The summed E-state index contributed by atoms with van der Waals surface area (Å²) in [6.07, 6.45) is 4.66. The van der Waals surface area contributed by atoms with Crippen molar-refractivity contribution >= 4 is 67.0 Å². The van der Waals surface area contributed by atoms with Crippen LogP contribution in [0.2, 0.25) is 13.1 Å². The molecule has 2 atom stereocenters. The normalized spacial score (nSPS) is 19.1. The van der Waals surface area contributed by atoms with Crippen LogP contribution in [-0.4, -0.2) is 5.92 Å². The number of rotatable bonds is 5. The molecule has 0 fully saturated rings. The van der Waals surface area contributed by atoms with Gasteiger partial charge in [-0.25, -0.2) is 0 Å². The van der Waals surface area contributed by atoms with Gasteiger partial charge in [0.1, 0.15) is 0 Å². The molecular weight excluding hydrogens is 758 g/mol. The van der Waals surface area contributed by atoms with Crippen LogP contribution in [0, 0.1) is 0 Å². The summed E-state index contributed by atoms with van der Waals surface area (Å²) in [5, 5.41) is 0. The van der Waals surface area contributed by atoms with Crippen molar-refractivity contribution in [3.8, 4) is 22.3 Å². The summed E-state index contributed by atoms with van der Waals surface area (Å²) >= 11 is 3.11. The molecule has 0 heterocycles. The Morgan fingerprint density at radius 3 is 1.32 bits per heavy atom. The van der Waals surface area contributed by atoms with Crippen LogP contribution in [0.3, 0.4) is 0 Å². The predicted octanol–water partition coefficient (Wildman–Crippen LogP) is 12.1. The van der Waals surface area contributed by atoms with Crippen molar-refractivity contribution in [2.45, 2.75) is 34.2 Å². The van der Waals surface area contributed by atoms with E-state index in [9.17, 15) is 0 Å². The molecule has 0 amide bonds. The van der Waals surface area contributed by atoms with Crippen LogP contribution in [0.1, 0.15) is 43.4 Å². The first-order chi connectivity index (χ1) is 19.0. The minimum atomic E-state index is -4.74. The van der Waals surface area contributed by atoms with Gasteiger partial charge in [-0.2, -0.15) is 0 Å². The Labute approximate surface area is 263 Å². The zero-order valence-corrected chi connectivity index (χ0v) is 31.3. The Morgan fingerprint density at radius 2 is 0.975 bits per heavy atom. The number of hydrogen-bond acceptors (Lipinski definition) is 0. The molecule has 2 aliphatic carbocycles. The topological polar surface area (TPSA) is 0 Å². The molecule has 0 saturated carbocycles. The van der Waals surface area contributed by atoms with Gasteiger partial charge in [0, 0.05) is 0 Å². The van der Waals surface area contributed by atoms with Crippen LogP contribution in [0.5, 0.6) is 0 Å². The Bertz CT molecular complexity index is 1590. The van der Waals surface area contributed by atoms with Crippen molar-refractivity contribution in [2.24, 2.45) is 0 Å². The average molecular weight is 790 g/mol. The Morgan fingerprint density at radius 1 is 0.600 bits per heavy atom. The Balaban J connectivity index is 1.58. The third-order valence-electron chi connectivity index (χ3n) is 9.02. The number of hydrogen-bond donors (Lipinski definition) is 0. The van der Waals surface area contributed by atoms with Gasteiger partial charge in [0.15, 0.2) is 0 Å². The number of fused-ring (bicyclic) bond motifs is 2. The molecule has 2 unspecified atom stereocenters. The molecular formula is C34H31Br2Cl2SiZr. The third-order valence-corrected chi connectivity index (χ3v) is 62.6. The maximum atomic E-state index is 8.41. The van der Waals surface area contributed by atoms with Crippen LogP contribution in [0.4, 0.5) is 0 Å². The van der Waals surface area contributed by atoms with Crippen molar-refractivity contribution in [3.63, 3.8) is 0 Å². The SMILES string of the molecule is CC1=Cc2c(Br)cc(-c3ccccc3)cc2[CH]1[Zr]([Cl])([Cl])([CH]1C(C)=Cc2c(Br)cc(-c3ccccc3)cc21)[SiH](C)C. The second kappa shape index (κ2) is 10.6. The fourth-order valence-corrected chi connectivity index (χ4v) is 41.1. The first kappa shape index (κ1) is 29.1. The van der Waals surface area contributed by atoms with Gasteiger partial charge >= 0.3 is 266 Å². The molecule has 4 aromatic carbocycles. The molecule has 4 aromatic rings. The first-order valence-electron chi connectivity index (χ1n) is 13.7. The van der Waals surface area contributed by atoms with Gasteiger partial charge < -0.3 is 0 Å². The van der Waals surface area contributed by atoms with E-state index in [0.29, 0.717) is 0 Å². The van der Waals surface area contributed by atoms with E-state index in [1.807, 2.05) is 0 Å². The second-order valence-corrected chi connectivity index (χ2v) is 55.9. The summed E-state index contributed by atoms with van der Waals surface area (Å²) in [6, 6.07) is 30.4. The van der Waals surface area contributed by atoms with Gasteiger partial charge in [0.2, 0.25) is 0 Å². The van der Waals surface area contributed by atoms with E-state index >= 15 is 0 Å². The fourth-order valence-electron chi connectivity index (χ4n) is 7.07. The summed E-state index contributed by atoms with van der Waals surface area (Å²) in [7, 11) is 16.8. The van der Waals surface area contributed by atoms with Gasteiger partial charge in [-0.1, -0.05) is 0 Å². The monoisotopic (exact) mass is 785 g/mol. The summed E-state index contributed by atoms with van der Waals surface area (Å²) in [5.74, 6) is -1.60. The molecule has 0 saturated heterocycles.